The molecule has 2 N–H and O–H groups in total. The number of anilines is 3. The lowest BCUT2D eigenvalue weighted by Gasteiger charge is -2.12. The van der Waals surface area contributed by atoms with E-state index >= 15 is 0 Å². The monoisotopic (exact) mass is 391 g/mol. The number of rotatable bonds is 5. The molecule has 0 aliphatic heterocycles. The summed E-state index contributed by atoms with van der Waals surface area (Å²) in [7, 11) is 0. The average Bonchev–Trinajstić information content (AvgIpc) is 2.64. The van der Waals surface area contributed by atoms with Gasteiger partial charge < -0.3 is 15.4 Å². The minimum Gasteiger partial charge on any atom is -0.406 e. The van der Waals surface area contributed by atoms with Crippen LogP contribution in [0, 0.1) is 5.82 Å². The van der Waals surface area contributed by atoms with E-state index in [4.69, 9.17) is 0 Å². The molecule has 28 heavy (non-hydrogen) atoms. The zero-order valence-electron chi connectivity index (χ0n) is 14.1. The maximum Gasteiger partial charge on any atom is 0.573 e. The topological polar surface area (TPSA) is 63.2 Å². The van der Waals surface area contributed by atoms with E-state index in [1.165, 1.54) is 48.7 Å². The molecular formula is C19H13F4N3O2. The summed E-state index contributed by atoms with van der Waals surface area (Å²) in [5.41, 5.74) is 1.00. The number of nitrogens with one attached hydrogen (secondary N) is 2. The molecular weight excluding hydrogens is 378 g/mol. The Morgan fingerprint density at radius 2 is 1.57 bits per heavy atom. The highest BCUT2D eigenvalue weighted by molar-refractivity contribution is 6.07. The van der Waals surface area contributed by atoms with Crippen molar-refractivity contribution in [3.8, 4) is 5.75 Å². The van der Waals surface area contributed by atoms with Crippen molar-refractivity contribution in [3.05, 3.63) is 78.2 Å². The molecule has 5 nitrogen and oxygen atoms in total. The average molecular weight is 391 g/mol. The normalized spacial score (nSPS) is 11.0. The maximum atomic E-state index is 13.0. The molecule has 0 saturated heterocycles. The molecule has 0 spiro atoms. The molecule has 0 bridgehead atoms. The van der Waals surface area contributed by atoms with Crippen LogP contribution in [-0.4, -0.2) is 17.3 Å². The number of ether oxygens (including phenoxy) is 1. The molecule has 3 aromatic rings. The molecule has 2 aromatic carbocycles. The van der Waals surface area contributed by atoms with Crippen molar-refractivity contribution in [3.63, 3.8) is 0 Å². The number of benzene rings is 2. The first-order valence-corrected chi connectivity index (χ1v) is 7.95. The first-order valence-electron chi connectivity index (χ1n) is 7.95. The predicted molar refractivity (Wildman–Crippen MR) is 95.0 cm³/mol. The van der Waals surface area contributed by atoms with Gasteiger partial charge in [-0.1, -0.05) is 0 Å². The molecule has 1 aromatic heterocycles. The lowest BCUT2D eigenvalue weighted by Crippen LogP contribution is -2.17. The van der Waals surface area contributed by atoms with Gasteiger partial charge in [-0.3, -0.25) is 4.79 Å². The Hall–Kier alpha value is -3.62. The van der Waals surface area contributed by atoms with Crippen molar-refractivity contribution in [2.45, 2.75) is 6.36 Å². The Balaban J connectivity index is 1.73. The standard InChI is InChI=1S/C19H13F4N3O2/c20-12-3-5-13(6-4-12)25-17-16(2-1-11-24-17)18(27)26-14-7-9-15(10-8-14)28-19(21,22)23/h1-11H,(H,24,25)(H,26,27). The molecule has 0 fully saturated rings. The van der Waals surface area contributed by atoms with Crippen LogP contribution in [0.5, 0.6) is 5.75 Å². The van der Waals surface area contributed by atoms with Crippen molar-refractivity contribution >= 4 is 23.1 Å². The number of carbonyl (C=O) groups excluding carboxylic acids is 1. The molecule has 9 heteroatoms. The summed E-state index contributed by atoms with van der Waals surface area (Å²) in [5.74, 6) is -1.08. The van der Waals surface area contributed by atoms with Crippen LogP contribution >= 0.6 is 0 Å². The second kappa shape index (κ2) is 7.95. The zero-order chi connectivity index (χ0) is 20.1. The summed E-state index contributed by atoms with van der Waals surface area (Å²) in [6.07, 6.45) is -3.31. The number of pyridine rings is 1. The Morgan fingerprint density at radius 1 is 0.929 bits per heavy atom. The van der Waals surface area contributed by atoms with E-state index in [0.29, 0.717) is 5.69 Å². The van der Waals surface area contributed by atoms with Crippen LogP contribution in [0.25, 0.3) is 0 Å². The van der Waals surface area contributed by atoms with Gasteiger partial charge in [-0.2, -0.15) is 0 Å². The van der Waals surface area contributed by atoms with Gasteiger partial charge in [0, 0.05) is 17.6 Å². The van der Waals surface area contributed by atoms with Crippen LogP contribution in [0.2, 0.25) is 0 Å². The van der Waals surface area contributed by atoms with Gasteiger partial charge in [0.1, 0.15) is 17.4 Å². The molecule has 0 saturated carbocycles. The van der Waals surface area contributed by atoms with Gasteiger partial charge in [0.15, 0.2) is 0 Å². The number of aromatic nitrogens is 1. The van der Waals surface area contributed by atoms with Gasteiger partial charge in [0.05, 0.1) is 5.56 Å². The molecule has 0 radical (unpaired) electrons. The minimum atomic E-state index is -4.79. The molecule has 1 amide bonds. The van der Waals surface area contributed by atoms with Gasteiger partial charge in [-0.25, -0.2) is 9.37 Å². The van der Waals surface area contributed by atoms with Crippen molar-refractivity contribution in [2.75, 3.05) is 10.6 Å². The van der Waals surface area contributed by atoms with Crippen LogP contribution in [0.15, 0.2) is 66.9 Å². The third kappa shape index (κ3) is 5.19. The number of amides is 1. The van der Waals surface area contributed by atoms with E-state index in [1.54, 1.807) is 6.07 Å². The van der Waals surface area contributed by atoms with Crippen LogP contribution in [-0.2, 0) is 0 Å². The lowest BCUT2D eigenvalue weighted by atomic mass is 10.2. The maximum absolute atomic E-state index is 13.0. The fraction of sp³-hybridized carbons (Fsp3) is 0.0526. The number of hydrogen-bond acceptors (Lipinski definition) is 4. The number of alkyl halides is 3. The third-order valence-electron chi connectivity index (χ3n) is 3.51. The second-order valence-corrected chi connectivity index (χ2v) is 5.56. The summed E-state index contributed by atoms with van der Waals surface area (Å²) >= 11 is 0. The van der Waals surface area contributed by atoms with E-state index in [9.17, 15) is 22.4 Å². The smallest absolute Gasteiger partial charge is 0.406 e. The first kappa shape index (κ1) is 19.2. The molecule has 0 atom stereocenters. The van der Waals surface area contributed by atoms with Crippen LogP contribution in [0.3, 0.4) is 0 Å². The van der Waals surface area contributed by atoms with E-state index in [0.717, 1.165) is 12.1 Å². The van der Waals surface area contributed by atoms with Gasteiger partial charge in [0.25, 0.3) is 5.91 Å². The molecule has 0 unspecified atom stereocenters. The molecule has 0 aliphatic carbocycles. The van der Waals surface area contributed by atoms with E-state index < -0.39 is 23.8 Å². The molecule has 144 valence electrons. The second-order valence-electron chi connectivity index (χ2n) is 5.56. The van der Waals surface area contributed by atoms with E-state index in [-0.39, 0.29) is 17.1 Å². The molecule has 1 heterocycles. The number of halogens is 4. The summed E-state index contributed by atoms with van der Waals surface area (Å²) in [6, 6.07) is 13.3. The van der Waals surface area contributed by atoms with Crippen molar-refractivity contribution in [1.82, 2.24) is 4.98 Å². The highest BCUT2D eigenvalue weighted by Crippen LogP contribution is 2.25. The van der Waals surface area contributed by atoms with Crippen molar-refractivity contribution in [1.29, 1.82) is 0 Å². The highest BCUT2D eigenvalue weighted by atomic mass is 19.4. The quantitative estimate of drug-likeness (QED) is 0.593. The Bertz CT molecular complexity index is 958. The van der Waals surface area contributed by atoms with Crippen LogP contribution in [0.1, 0.15) is 10.4 Å². The third-order valence-corrected chi connectivity index (χ3v) is 3.51. The van der Waals surface area contributed by atoms with Crippen molar-refractivity contribution < 1.29 is 27.1 Å². The van der Waals surface area contributed by atoms with Gasteiger partial charge in [-0.15, -0.1) is 13.2 Å². The fourth-order valence-electron chi connectivity index (χ4n) is 2.30. The Labute approximate surface area is 157 Å². The summed E-state index contributed by atoms with van der Waals surface area (Å²) in [5, 5.41) is 5.49. The SMILES string of the molecule is O=C(Nc1ccc(OC(F)(F)F)cc1)c1cccnc1Nc1ccc(F)cc1. The Morgan fingerprint density at radius 3 is 2.21 bits per heavy atom. The van der Waals surface area contributed by atoms with Crippen molar-refractivity contribution in [2.24, 2.45) is 0 Å². The van der Waals surface area contributed by atoms with E-state index in [1.807, 2.05) is 0 Å². The lowest BCUT2D eigenvalue weighted by molar-refractivity contribution is -0.274. The van der Waals surface area contributed by atoms with Gasteiger partial charge in [0.2, 0.25) is 0 Å². The van der Waals surface area contributed by atoms with Gasteiger partial charge >= 0.3 is 6.36 Å². The molecule has 3 rings (SSSR count). The number of carbonyl (C=O) groups is 1. The molecule has 0 aliphatic rings. The van der Waals surface area contributed by atoms with E-state index in [2.05, 4.69) is 20.4 Å². The summed E-state index contributed by atoms with van der Waals surface area (Å²) < 4.78 is 53.4. The van der Waals surface area contributed by atoms with Crippen LogP contribution in [0.4, 0.5) is 34.8 Å². The zero-order valence-corrected chi connectivity index (χ0v) is 14.1. The Kier molecular flexibility index (Phi) is 5.44. The first-order chi connectivity index (χ1) is 13.3. The number of nitrogens with zero attached hydrogens (tertiary/aromatic N) is 1. The fourth-order valence-corrected chi connectivity index (χ4v) is 2.30. The number of hydrogen-bond donors (Lipinski definition) is 2. The van der Waals surface area contributed by atoms with Gasteiger partial charge in [-0.05, 0) is 60.7 Å². The minimum absolute atomic E-state index is 0.197. The predicted octanol–water partition coefficient (Wildman–Crippen LogP) is 5.12. The summed E-state index contributed by atoms with van der Waals surface area (Å²) in [6.45, 7) is 0. The van der Waals surface area contributed by atoms with Crippen LogP contribution < -0.4 is 15.4 Å². The largest absolute Gasteiger partial charge is 0.573 e. The summed E-state index contributed by atoms with van der Waals surface area (Å²) in [4.78, 5) is 16.6. The highest BCUT2D eigenvalue weighted by Gasteiger charge is 2.31.